The predicted octanol–water partition coefficient (Wildman–Crippen LogP) is 0.680. The van der Waals surface area contributed by atoms with Crippen LogP contribution in [0.1, 0.15) is 44.9 Å². The van der Waals surface area contributed by atoms with Crippen LogP contribution in [0.15, 0.2) is 0 Å². The van der Waals surface area contributed by atoms with Crippen LogP contribution in [0.2, 0.25) is 0 Å². The fourth-order valence-electron chi connectivity index (χ4n) is 4.65. The van der Waals surface area contributed by atoms with Crippen LogP contribution in [0.25, 0.3) is 0 Å². The van der Waals surface area contributed by atoms with Gasteiger partial charge in [0.1, 0.15) is 0 Å². The van der Waals surface area contributed by atoms with Gasteiger partial charge in [-0.05, 0) is 50.4 Å². The molecule has 1 amide bonds. The van der Waals surface area contributed by atoms with Crippen molar-refractivity contribution < 1.29 is 13.2 Å². The van der Waals surface area contributed by atoms with E-state index >= 15 is 0 Å². The van der Waals surface area contributed by atoms with Crippen molar-refractivity contribution in [2.24, 2.45) is 23.5 Å². The third-order valence-corrected chi connectivity index (χ3v) is 7.36. The van der Waals surface area contributed by atoms with E-state index in [1.54, 1.807) is 0 Å². The van der Waals surface area contributed by atoms with E-state index in [-0.39, 0.29) is 23.9 Å². The number of nitrogens with two attached hydrogens (primary N) is 1. The Bertz CT molecular complexity index is 529. The lowest BCUT2D eigenvalue weighted by Crippen LogP contribution is -2.51. The molecule has 2 saturated carbocycles. The van der Waals surface area contributed by atoms with E-state index in [2.05, 4.69) is 5.32 Å². The lowest BCUT2D eigenvalue weighted by atomic mass is 9.65. The summed E-state index contributed by atoms with van der Waals surface area (Å²) in [6.45, 7) is 1.01. The second kappa shape index (κ2) is 6.69. The third kappa shape index (κ3) is 3.88. The Morgan fingerprint density at radius 2 is 1.65 bits per heavy atom. The summed E-state index contributed by atoms with van der Waals surface area (Å²) in [6.07, 6.45) is 8.08. The van der Waals surface area contributed by atoms with Crippen LogP contribution in [-0.2, 0) is 14.8 Å². The topological polar surface area (TPSA) is 92.5 Å². The maximum absolute atomic E-state index is 12.6. The number of piperidine rings is 1. The maximum Gasteiger partial charge on any atom is 0.223 e. The number of carbonyl (C=O) groups excluding carboxylic acids is 1. The van der Waals surface area contributed by atoms with Gasteiger partial charge >= 0.3 is 0 Å². The van der Waals surface area contributed by atoms with Gasteiger partial charge in [0.25, 0.3) is 0 Å². The molecule has 3 N–H and O–H groups in total. The first-order chi connectivity index (χ1) is 10.8. The van der Waals surface area contributed by atoms with E-state index < -0.39 is 10.0 Å². The molecule has 2 aliphatic carbocycles. The molecule has 132 valence electrons. The molecule has 0 aromatic carbocycles. The average Bonchev–Trinajstić information content (AvgIpc) is 2.46. The molecule has 1 heterocycles. The summed E-state index contributed by atoms with van der Waals surface area (Å²) in [5, 5.41) is 3.16. The van der Waals surface area contributed by atoms with Crippen LogP contribution < -0.4 is 11.1 Å². The number of nitrogens with zero attached hydrogens (tertiary/aromatic N) is 1. The molecular weight excluding hydrogens is 314 g/mol. The Kier molecular flexibility index (Phi) is 4.99. The molecule has 2 atom stereocenters. The Labute approximate surface area is 139 Å². The van der Waals surface area contributed by atoms with Gasteiger partial charge in [0.15, 0.2) is 0 Å². The molecule has 3 rings (SSSR count). The van der Waals surface area contributed by atoms with Crippen LogP contribution in [0.3, 0.4) is 0 Å². The molecule has 1 aliphatic heterocycles. The average molecular weight is 343 g/mol. The fraction of sp³-hybridized carbons (Fsp3) is 0.938. The Morgan fingerprint density at radius 3 is 2.17 bits per heavy atom. The predicted molar refractivity (Wildman–Crippen MR) is 89.1 cm³/mol. The molecule has 3 fully saturated rings. The minimum absolute atomic E-state index is 0.0954. The number of sulfonamides is 1. The van der Waals surface area contributed by atoms with Crippen molar-refractivity contribution in [3.05, 3.63) is 0 Å². The van der Waals surface area contributed by atoms with Gasteiger partial charge < -0.3 is 11.1 Å². The van der Waals surface area contributed by atoms with Crippen molar-refractivity contribution in [3.63, 3.8) is 0 Å². The first-order valence-corrected chi connectivity index (χ1v) is 10.7. The van der Waals surface area contributed by atoms with E-state index in [4.69, 9.17) is 5.73 Å². The van der Waals surface area contributed by atoms with Gasteiger partial charge in [-0.2, -0.15) is 0 Å². The van der Waals surface area contributed by atoms with Crippen LogP contribution in [0.5, 0.6) is 0 Å². The molecule has 0 spiro atoms. The summed E-state index contributed by atoms with van der Waals surface area (Å²) >= 11 is 0. The van der Waals surface area contributed by atoms with Crippen molar-refractivity contribution in [1.29, 1.82) is 0 Å². The van der Waals surface area contributed by atoms with E-state index in [1.165, 1.54) is 17.0 Å². The minimum Gasteiger partial charge on any atom is -0.353 e. The van der Waals surface area contributed by atoms with Gasteiger partial charge in [-0.3, -0.25) is 4.79 Å². The molecule has 0 radical (unpaired) electrons. The van der Waals surface area contributed by atoms with E-state index in [0.29, 0.717) is 37.8 Å². The monoisotopic (exact) mass is 343 g/mol. The second-order valence-electron chi connectivity index (χ2n) is 7.64. The highest BCUT2D eigenvalue weighted by atomic mass is 32.2. The van der Waals surface area contributed by atoms with Gasteiger partial charge in [0.05, 0.1) is 6.26 Å². The molecule has 23 heavy (non-hydrogen) atoms. The molecule has 6 nitrogen and oxygen atoms in total. The molecule has 7 heteroatoms. The Balaban J connectivity index is 1.51. The van der Waals surface area contributed by atoms with E-state index in [9.17, 15) is 13.2 Å². The number of hydrogen-bond acceptors (Lipinski definition) is 4. The zero-order chi connectivity index (χ0) is 16.6. The van der Waals surface area contributed by atoms with Gasteiger partial charge in [-0.25, -0.2) is 12.7 Å². The number of carbonyl (C=O) groups is 1. The zero-order valence-electron chi connectivity index (χ0n) is 13.9. The van der Waals surface area contributed by atoms with Crippen LogP contribution >= 0.6 is 0 Å². The number of nitrogens with one attached hydrogen (secondary N) is 1. The number of rotatable bonds is 3. The summed E-state index contributed by atoms with van der Waals surface area (Å²) in [7, 11) is -3.11. The third-order valence-electron chi connectivity index (χ3n) is 6.05. The summed E-state index contributed by atoms with van der Waals surface area (Å²) in [4.78, 5) is 12.6. The molecule has 2 unspecified atom stereocenters. The largest absolute Gasteiger partial charge is 0.353 e. The minimum atomic E-state index is -3.11. The van der Waals surface area contributed by atoms with Crippen molar-refractivity contribution in [2.45, 2.75) is 57.0 Å². The Hall–Kier alpha value is -0.660. The standard InChI is InChI=1S/C16H29N3O3S/c1-23(21,22)19-7-5-14(6-8-19)18-16(20)13-9-11-3-2-4-12(10-13)15(11)17/h11-15H,2-10,17H2,1H3,(H,18,20). The van der Waals surface area contributed by atoms with Crippen molar-refractivity contribution >= 4 is 15.9 Å². The molecule has 3 aliphatic rings. The van der Waals surface area contributed by atoms with Crippen LogP contribution in [0.4, 0.5) is 0 Å². The maximum atomic E-state index is 12.6. The van der Waals surface area contributed by atoms with Gasteiger partial charge in [-0.15, -0.1) is 0 Å². The highest BCUT2D eigenvalue weighted by Gasteiger charge is 2.41. The van der Waals surface area contributed by atoms with Crippen LogP contribution in [-0.4, -0.2) is 50.1 Å². The first-order valence-electron chi connectivity index (χ1n) is 8.85. The van der Waals surface area contributed by atoms with Crippen molar-refractivity contribution in [3.8, 4) is 0 Å². The SMILES string of the molecule is CS(=O)(=O)N1CCC(NC(=O)C2CC3CCCC(C2)C3N)CC1. The summed E-state index contributed by atoms with van der Waals surface area (Å²) in [5.74, 6) is 1.26. The van der Waals surface area contributed by atoms with Crippen molar-refractivity contribution in [1.82, 2.24) is 9.62 Å². The lowest BCUT2D eigenvalue weighted by Gasteiger charge is -2.44. The van der Waals surface area contributed by atoms with Gasteiger partial charge in [0, 0.05) is 31.1 Å². The van der Waals surface area contributed by atoms with E-state index in [0.717, 1.165) is 25.7 Å². The number of amides is 1. The van der Waals surface area contributed by atoms with E-state index in [1.807, 2.05) is 0 Å². The molecule has 0 aromatic rings. The molecule has 0 aromatic heterocycles. The summed E-state index contributed by atoms with van der Waals surface area (Å²) < 4.78 is 24.6. The first kappa shape index (κ1) is 17.2. The fourth-order valence-corrected chi connectivity index (χ4v) is 5.53. The second-order valence-corrected chi connectivity index (χ2v) is 9.62. The van der Waals surface area contributed by atoms with Crippen molar-refractivity contribution in [2.75, 3.05) is 19.3 Å². The lowest BCUT2D eigenvalue weighted by molar-refractivity contribution is -0.128. The quantitative estimate of drug-likeness (QED) is 0.788. The van der Waals surface area contributed by atoms with Gasteiger partial charge in [0.2, 0.25) is 15.9 Å². The molecule has 1 saturated heterocycles. The Morgan fingerprint density at radius 1 is 1.09 bits per heavy atom. The highest BCUT2D eigenvalue weighted by Crippen LogP contribution is 2.41. The van der Waals surface area contributed by atoms with Gasteiger partial charge in [-0.1, -0.05) is 6.42 Å². The summed E-state index contributed by atoms with van der Waals surface area (Å²) in [6, 6.07) is 0.391. The normalized spacial score (nSPS) is 36.6. The summed E-state index contributed by atoms with van der Waals surface area (Å²) in [5.41, 5.74) is 6.29. The zero-order valence-corrected chi connectivity index (χ0v) is 14.7. The smallest absolute Gasteiger partial charge is 0.223 e. The molecular formula is C16H29N3O3S. The highest BCUT2D eigenvalue weighted by molar-refractivity contribution is 7.88. The van der Waals surface area contributed by atoms with Crippen LogP contribution in [0, 0.1) is 17.8 Å². The number of hydrogen-bond donors (Lipinski definition) is 2. The molecule has 2 bridgehead atoms. The number of fused-ring (bicyclic) bond motifs is 2.